The van der Waals surface area contributed by atoms with Crippen LogP contribution in [0.15, 0.2) is 33.1 Å². The van der Waals surface area contributed by atoms with Gasteiger partial charge in [-0.3, -0.25) is 9.59 Å². The van der Waals surface area contributed by atoms with Crippen molar-refractivity contribution in [2.75, 3.05) is 56.4 Å². The van der Waals surface area contributed by atoms with Crippen molar-refractivity contribution in [1.29, 1.82) is 0 Å². The van der Waals surface area contributed by atoms with Gasteiger partial charge in [0.05, 0.1) is 25.5 Å². The number of ether oxygens (including phenoxy) is 2. The summed E-state index contributed by atoms with van der Waals surface area (Å²) < 4.78 is 16.3. The highest BCUT2D eigenvalue weighted by Crippen LogP contribution is 2.32. The summed E-state index contributed by atoms with van der Waals surface area (Å²) >= 11 is 2.73. The van der Waals surface area contributed by atoms with Crippen LogP contribution in [0.4, 0.5) is 10.9 Å². The standard InChI is InChI=1S/C21H24N6O5S2/c1-13-11-16(25-32-13)22-17(28)12-33-21-24-23-20(34-21)27-9-7-26(8-10-27)19(29)14-5-4-6-15(30-2)18(14)31-3/h4-6,11H,7-10,12H2,1-3H3,(H,22,25,28). The van der Waals surface area contributed by atoms with Gasteiger partial charge in [0.25, 0.3) is 5.91 Å². The Morgan fingerprint density at radius 3 is 2.65 bits per heavy atom. The molecule has 3 aromatic rings. The SMILES string of the molecule is COc1cccc(C(=O)N2CCN(c3nnc(SCC(=O)Nc4cc(C)on4)s3)CC2)c1OC. The Morgan fingerprint density at radius 2 is 1.97 bits per heavy atom. The van der Waals surface area contributed by atoms with E-state index < -0.39 is 0 Å². The maximum atomic E-state index is 13.1. The van der Waals surface area contributed by atoms with E-state index in [1.807, 2.05) is 0 Å². The number of thioether (sulfide) groups is 1. The van der Waals surface area contributed by atoms with Crippen LogP contribution in [0.1, 0.15) is 16.1 Å². The summed E-state index contributed by atoms with van der Waals surface area (Å²) in [5.74, 6) is 1.86. The fourth-order valence-electron chi connectivity index (χ4n) is 3.45. The topological polar surface area (TPSA) is 123 Å². The van der Waals surface area contributed by atoms with E-state index in [0.29, 0.717) is 59.2 Å². The van der Waals surface area contributed by atoms with Gasteiger partial charge in [-0.15, -0.1) is 10.2 Å². The maximum Gasteiger partial charge on any atom is 0.257 e. The van der Waals surface area contributed by atoms with Crippen LogP contribution in [0, 0.1) is 6.92 Å². The summed E-state index contributed by atoms with van der Waals surface area (Å²) in [6, 6.07) is 6.93. The average molecular weight is 505 g/mol. The van der Waals surface area contributed by atoms with Crippen LogP contribution in [0.2, 0.25) is 0 Å². The second-order valence-corrected chi connectivity index (χ2v) is 9.51. The molecule has 4 rings (SSSR count). The number of nitrogens with one attached hydrogen (secondary N) is 1. The molecule has 1 fully saturated rings. The highest BCUT2D eigenvalue weighted by Gasteiger charge is 2.27. The molecular weight excluding hydrogens is 480 g/mol. The van der Waals surface area contributed by atoms with Gasteiger partial charge in [-0.1, -0.05) is 34.3 Å². The van der Waals surface area contributed by atoms with E-state index >= 15 is 0 Å². The van der Waals surface area contributed by atoms with Gasteiger partial charge in [0, 0.05) is 32.2 Å². The van der Waals surface area contributed by atoms with E-state index in [4.69, 9.17) is 14.0 Å². The zero-order valence-corrected chi connectivity index (χ0v) is 20.6. The number of benzene rings is 1. The molecular formula is C21H24N6O5S2. The largest absolute Gasteiger partial charge is 0.493 e. The number of carbonyl (C=O) groups excluding carboxylic acids is 2. The van der Waals surface area contributed by atoms with Crippen molar-refractivity contribution in [3.8, 4) is 11.5 Å². The second kappa shape index (κ2) is 10.7. The van der Waals surface area contributed by atoms with Crippen molar-refractivity contribution in [2.24, 2.45) is 0 Å². The number of amides is 2. The van der Waals surface area contributed by atoms with Gasteiger partial charge < -0.3 is 29.1 Å². The zero-order chi connectivity index (χ0) is 24.1. The molecule has 0 unspecified atom stereocenters. The number of anilines is 2. The van der Waals surface area contributed by atoms with Crippen LogP contribution < -0.4 is 19.7 Å². The first-order valence-electron chi connectivity index (χ1n) is 10.4. The number of aromatic nitrogens is 3. The molecule has 34 heavy (non-hydrogen) atoms. The van der Waals surface area contributed by atoms with Crippen LogP contribution >= 0.6 is 23.1 Å². The second-order valence-electron chi connectivity index (χ2n) is 7.33. The molecule has 0 aliphatic carbocycles. The number of para-hydroxylation sites is 1. The van der Waals surface area contributed by atoms with Crippen molar-refractivity contribution in [3.63, 3.8) is 0 Å². The summed E-state index contributed by atoms with van der Waals surface area (Å²) in [6.07, 6.45) is 0. The smallest absolute Gasteiger partial charge is 0.257 e. The van der Waals surface area contributed by atoms with Crippen LogP contribution in [0.25, 0.3) is 0 Å². The summed E-state index contributed by atoms with van der Waals surface area (Å²) in [7, 11) is 3.07. The molecule has 180 valence electrons. The Hall–Kier alpha value is -3.32. The predicted molar refractivity (Wildman–Crippen MR) is 128 cm³/mol. The van der Waals surface area contributed by atoms with E-state index in [2.05, 4.69) is 25.6 Å². The lowest BCUT2D eigenvalue weighted by molar-refractivity contribution is -0.113. The third kappa shape index (κ3) is 5.42. The third-order valence-corrected chi connectivity index (χ3v) is 7.21. The molecule has 0 radical (unpaired) electrons. The lowest BCUT2D eigenvalue weighted by Gasteiger charge is -2.34. The Balaban J connectivity index is 1.29. The van der Waals surface area contributed by atoms with Crippen molar-refractivity contribution in [3.05, 3.63) is 35.6 Å². The highest BCUT2D eigenvalue weighted by molar-refractivity contribution is 8.01. The Kier molecular flexibility index (Phi) is 7.53. The summed E-state index contributed by atoms with van der Waals surface area (Å²) in [6.45, 7) is 4.10. The van der Waals surface area contributed by atoms with Gasteiger partial charge >= 0.3 is 0 Å². The van der Waals surface area contributed by atoms with Crippen LogP contribution in [-0.4, -0.2) is 78.2 Å². The van der Waals surface area contributed by atoms with Crippen molar-refractivity contribution >= 4 is 45.9 Å². The molecule has 0 saturated carbocycles. The minimum absolute atomic E-state index is 0.0998. The van der Waals surface area contributed by atoms with Gasteiger partial charge in [0.1, 0.15) is 5.76 Å². The van der Waals surface area contributed by atoms with E-state index in [1.165, 1.54) is 30.2 Å². The molecule has 1 aliphatic rings. The normalized spacial score (nSPS) is 13.6. The van der Waals surface area contributed by atoms with E-state index in [0.717, 1.165) is 5.13 Å². The lowest BCUT2D eigenvalue weighted by Crippen LogP contribution is -2.48. The monoisotopic (exact) mass is 504 g/mol. The molecule has 3 heterocycles. The number of aryl methyl sites for hydroxylation is 1. The van der Waals surface area contributed by atoms with Crippen molar-refractivity contribution < 1.29 is 23.6 Å². The van der Waals surface area contributed by atoms with Crippen LogP contribution in [0.3, 0.4) is 0 Å². The molecule has 1 N–H and O–H groups in total. The number of rotatable bonds is 8. The summed E-state index contributed by atoms with van der Waals surface area (Å²) in [5.41, 5.74) is 0.476. The Bertz CT molecular complexity index is 1160. The number of methoxy groups -OCH3 is 2. The first-order chi connectivity index (χ1) is 16.5. The number of nitrogens with zero attached hydrogens (tertiary/aromatic N) is 5. The molecule has 2 amide bonds. The molecule has 11 nitrogen and oxygen atoms in total. The molecule has 1 aromatic carbocycles. The minimum Gasteiger partial charge on any atom is -0.493 e. The van der Waals surface area contributed by atoms with Gasteiger partial charge in [0.2, 0.25) is 11.0 Å². The molecule has 13 heteroatoms. The first kappa shape index (κ1) is 23.8. The molecule has 1 saturated heterocycles. The van der Waals surface area contributed by atoms with Gasteiger partial charge in [0.15, 0.2) is 21.7 Å². The van der Waals surface area contributed by atoms with E-state index in [1.54, 1.807) is 43.2 Å². The first-order valence-corrected chi connectivity index (χ1v) is 12.2. The quantitative estimate of drug-likeness (QED) is 0.458. The van der Waals surface area contributed by atoms with Crippen LogP contribution in [0.5, 0.6) is 11.5 Å². The fourth-order valence-corrected chi connectivity index (χ4v) is 5.14. The highest BCUT2D eigenvalue weighted by atomic mass is 32.2. The number of hydrogen-bond donors (Lipinski definition) is 1. The average Bonchev–Trinajstić information content (AvgIpc) is 3.50. The Labute approximate surface area is 204 Å². The van der Waals surface area contributed by atoms with Crippen molar-refractivity contribution in [2.45, 2.75) is 11.3 Å². The molecule has 0 atom stereocenters. The Morgan fingerprint density at radius 1 is 1.18 bits per heavy atom. The predicted octanol–water partition coefficient (Wildman–Crippen LogP) is 2.54. The lowest BCUT2D eigenvalue weighted by atomic mass is 10.1. The summed E-state index contributed by atoms with van der Waals surface area (Å²) in [4.78, 5) is 29.0. The maximum absolute atomic E-state index is 13.1. The number of carbonyl (C=O) groups is 2. The summed E-state index contributed by atoms with van der Waals surface area (Å²) in [5, 5.41) is 15.6. The molecule has 0 spiro atoms. The molecule has 0 bridgehead atoms. The van der Waals surface area contributed by atoms with Crippen molar-refractivity contribution in [1.82, 2.24) is 20.3 Å². The fraction of sp³-hybridized carbons (Fsp3) is 0.381. The number of piperazine rings is 1. The van der Waals surface area contributed by atoms with Crippen LogP contribution in [-0.2, 0) is 4.79 Å². The van der Waals surface area contributed by atoms with E-state index in [-0.39, 0.29) is 17.6 Å². The molecule has 1 aliphatic heterocycles. The van der Waals surface area contributed by atoms with Gasteiger partial charge in [-0.2, -0.15) is 0 Å². The number of hydrogen-bond acceptors (Lipinski definition) is 11. The molecule has 2 aromatic heterocycles. The van der Waals surface area contributed by atoms with Gasteiger partial charge in [-0.05, 0) is 19.1 Å². The van der Waals surface area contributed by atoms with E-state index in [9.17, 15) is 9.59 Å². The minimum atomic E-state index is -0.199. The van der Waals surface area contributed by atoms with Gasteiger partial charge in [-0.25, -0.2) is 0 Å². The zero-order valence-electron chi connectivity index (χ0n) is 18.9. The third-order valence-electron chi connectivity index (χ3n) is 5.09.